The average molecular weight is 406 g/mol. The number of aromatic amines is 1. The van der Waals surface area contributed by atoms with Gasteiger partial charge in [0.2, 0.25) is 11.9 Å². The van der Waals surface area contributed by atoms with Gasteiger partial charge < -0.3 is 5.32 Å². The van der Waals surface area contributed by atoms with E-state index in [2.05, 4.69) is 20.4 Å². The molecule has 0 spiro atoms. The van der Waals surface area contributed by atoms with Gasteiger partial charge in [0.1, 0.15) is 11.5 Å². The molecule has 0 unspecified atom stereocenters. The summed E-state index contributed by atoms with van der Waals surface area (Å²) < 4.78 is 1.44. The van der Waals surface area contributed by atoms with Crippen LogP contribution >= 0.6 is 22.9 Å². The first-order chi connectivity index (χ1) is 12.7. The number of alkyl halides is 1. The maximum absolute atomic E-state index is 12.6. The van der Waals surface area contributed by atoms with Gasteiger partial charge in [-0.3, -0.25) is 14.6 Å². The van der Waals surface area contributed by atoms with Gasteiger partial charge in [-0.15, -0.1) is 22.9 Å². The number of aromatic nitrogens is 4. The molecule has 0 aliphatic heterocycles. The lowest BCUT2D eigenvalue weighted by atomic mass is 9.95. The van der Waals surface area contributed by atoms with Crippen molar-refractivity contribution in [1.82, 2.24) is 19.7 Å². The van der Waals surface area contributed by atoms with Gasteiger partial charge in [0.25, 0.3) is 5.56 Å². The quantitative estimate of drug-likeness (QED) is 0.635. The Morgan fingerprint density at radius 1 is 1.41 bits per heavy atom. The molecule has 3 heterocycles. The molecule has 0 bridgehead atoms. The molecular weight excluding hydrogens is 386 g/mol. The van der Waals surface area contributed by atoms with Crippen LogP contribution in [0.4, 0.5) is 5.82 Å². The molecule has 0 saturated carbocycles. The number of thiophene rings is 1. The third kappa shape index (κ3) is 3.81. The standard InChI is InChI=1S/C18H20ClN5O2S/c1-10-11(2)20-17(22-15(10)25)24-14(21-16(26)18(3,4)9-19)8-12(23-24)13-6-5-7-27-13/h5-8H,9H2,1-4H3,(H,21,26)(H,20,22,25). The summed E-state index contributed by atoms with van der Waals surface area (Å²) in [7, 11) is 0. The summed E-state index contributed by atoms with van der Waals surface area (Å²) in [6, 6.07) is 5.61. The second kappa shape index (κ2) is 7.28. The number of rotatable bonds is 5. The lowest BCUT2D eigenvalue weighted by molar-refractivity contribution is -0.123. The predicted molar refractivity (Wildman–Crippen MR) is 108 cm³/mol. The largest absolute Gasteiger partial charge is 0.310 e. The van der Waals surface area contributed by atoms with Crippen LogP contribution in [0.25, 0.3) is 16.5 Å². The molecule has 0 atom stereocenters. The van der Waals surface area contributed by atoms with E-state index in [0.717, 1.165) is 4.88 Å². The molecule has 1 amide bonds. The number of halogens is 1. The van der Waals surface area contributed by atoms with Crippen molar-refractivity contribution in [3.63, 3.8) is 0 Å². The summed E-state index contributed by atoms with van der Waals surface area (Å²) in [6.07, 6.45) is 0. The van der Waals surface area contributed by atoms with Gasteiger partial charge in [-0.2, -0.15) is 9.78 Å². The molecule has 0 radical (unpaired) electrons. The summed E-state index contributed by atoms with van der Waals surface area (Å²) in [5.74, 6) is 0.573. The van der Waals surface area contributed by atoms with E-state index in [9.17, 15) is 9.59 Å². The van der Waals surface area contributed by atoms with Crippen LogP contribution in [0.2, 0.25) is 0 Å². The summed E-state index contributed by atoms with van der Waals surface area (Å²) in [4.78, 5) is 32.8. The number of anilines is 1. The number of carbonyl (C=O) groups excluding carboxylic acids is 1. The second-order valence-corrected chi connectivity index (χ2v) is 8.09. The van der Waals surface area contributed by atoms with Gasteiger partial charge in [-0.05, 0) is 39.1 Å². The molecule has 0 saturated heterocycles. The van der Waals surface area contributed by atoms with Gasteiger partial charge in [-0.25, -0.2) is 4.98 Å². The van der Waals surface area contributed by atoms with Crippen molar-refractivity contribution in [2.24, 2.45) is 5.41 Å². The van der Waals surface area contributed by atoms with E-state index in [4.69, 9.17) is 11.6 Å². The Morgan fingerprint density at radius 3 is 2.74 bits per heavy atom. The number of amides is 1. The number of nitrogens with zero attached hydrogens (tertiary/aromatic N) is 3. The molecule has 0 aromatic carbocycles. The van der Waals surface area contributed by atoms with Crippen molar-refractivity contribution in [3.05, 3.63) is 45.2 Å². The van der Waals surface area contributed by atoms with E-state index in [1.54, 1.807) is 33.8 Å². The first-order valence-electron chi connectivity index (χ1n) is 8.32. The van der Waals surface area contributed by atoms with Crippen LogP contribution in [0.5, 0.6) is 0 Å². The van der Waals surface area contributed by atoms with Crippen LogP contribution in [0.3, 0.4) is 0 Å². The minimum Gasteiger partial charge on any atom is -0.310 e. The van der Waals surface area contributed by atoms with E-state index >= 15 is 0 Å². The molecular formula is C18H20ClN5O2S. The molecule has 7 nitrogen and oxygen atoms in total. The maximum Gasteiger partial charge on any atom is 0.255 e. The van der Waals surface area contributed by atoms with Crippen LogP contribution in [0, 0.1) is 19.3 Å². The Hall–Kier alpha value is -2.45. The van der Waals surface area contributed by atoms with Crippen LogP contribution in [-0.4, -0.2) is 31.5 Å². The molecule has 3 aromatic heterocycles. The van der Waals surface area contributed by atoms with Crippen molar-refractivity contribution in [1.29, 1.82) is 0 Å². The molecule has 27 heavy (non-hydrogen) atoms. The van der Waals surface area contributed by atoms with E-state index in [1.807, 2.05) is 17.5 Å². The van der Waals surface area contributed by atoms with Gasteiger partial charge >= 0.3 is 0 Å². The average Bonchev–Trinajstić information content (AvgIpc) is 3.28. The third-order valence-electron chi connectivity index (χ3n) is 4.26. The zero-order chi connectivity index (χ0) is 19.8. The number of hydrogen-bond donors (Lipinski definition) is 2. The molecule has 9 heteroatoms. The van der Waals surface area contributed by atoms with Crippen LogP contribution in [-0.2, 0) is 4.79 Å². The molecule has 3 rings (SSSR count). The molecule has 2 N–H and O–H groups in total. The first-order valence-corrected chi connectivity index (χ1v) is 9.73. The van der Waals surface area contributed by atoms with Crippen molar-refractivity contribution in [3.8, 4) is 16.5 Å². The highest BCUT2D eigenvalue weighted by Gasteiger charge is 2.28. The lowest BCUT2D eigenvalue weighted by Crippen LogP contribution is -2.33. The number of carbonyl (C=O) groups is 1. The second-order valence-electron chi connectivity index (χ2n) is 6.88. The van der Waals surface area contributed by atoms with Gasteiger partial charge in [0.15, 0.2) is 0 Å². The van der Waals surface area contributed by atoms with E-state index in [0.29, 0.717) is 22.8 Å². The van der Waals surface area contributed by atoms with Crippen molar-refractivity contribution in [2.75, 3.05) is 11.2 Å². The lowest BCUT2D eigenvalue weighted by Gasteiger charge is -2.20. The number of aryl methyl sites for hydroxylation is 1. The highest BCUT2D eigenvalue weighted by molar-refractivity contribution is 7.13. The molecule has 142 valence electrons. The SMILES string of the molecule is Cc1nc(-n2nc(-c3cccs3)cc2NC(=O)C(C)(C)CCl)[nH]c(=O)c1C. The Balaban J connectivity index is 2.11. The molecule has 0 fully saturated rings. The van der Waals surface area contributed by atoms with Gasteiger partial charge in [0, 0.05) is 23.2 Å². The fraction of sp³-hybridized carbons (Fsp3) is 0.333. The van der Waals surface area contributed by atoms with E-state index < -0.39 is 5.41 Å². The Bertz CT molecular complexity index is 1040. The van der Waals surface area contributed by atoms with E-state index in [-0.39, 0.29) is 23.3 Å². The van der Waals surface area contributed by atoms with Gasteiger partial charge in [-0.1, -0.05) is 6.07 Å². The van der Waals surface area contributed by atoms with Gasteiger partial charge in [0.05, 0.1) is 10.3 Å². The van der Waals surface area contributed by atoms with E-state index in [1.165, 1.54) is 16.0 Å². The van der Waals surface area contributed by atoms with Crippen LogP contribution in [0.15, 0.2) is 28.4 Å². The minimum absolute atomic E-state index is 0.170. The normalized spacial score (nSPS) is 11.6. The highest BCUT2D eigenvalue weighted by atomic mass is 35.5. The summed E-state index contributed by atoms with van der Waals surface area (Å²) in [5, 5.41) is 9.34. The summed E-state index contributed by atoms with van der Waals surface area (Å²) >= 11 is 7.44. The topological polar surface area (TPSA) is 92.7 Å². The summed E-state index contributed by atoms with van der Waals surface area (Å²) in [6.45, 7) is 6.97. The number of H-pyrrole nitrogens is 1. The van der Waals surface area contributed by atoms with Crippen molar-refractivity contribution < 1.29 is 4.79 Å². The highest BCUT2D eigenvalue weighted by Crippen LogP contribution is 2.28. The van der Waals surface area contributed by atoms with Crippen molar-refractivity contribution in [2.45, 2.75) is 27.7 Å². The number of nitrogens with one attached hydrogen (secondary N) is 2. The van der Waals surface area contributed by atoms with Crippen LogP contribution < -0.4 is 10.9 Å². The number of hydrogen-bond acceptors (Lipinski definition) is 5. The Labute approximate surface area is 165 Å². The monoisotopic (exact) mass is 405 g/mol. The molecule has 3 aromatic rings. The fourth-order valence-electron chi connectivity index (χ4n) is 2.25. The molecule has 0 aliphatic carbocycles. The zero-order valence-electron chi connectivity index (χ0n) is 15.5. The Morgan fingerprint density at radius 2 is 2.15 bits per heavy atom. The molecule has 0 aliphatic rings. The Kier molecular flexibility index (Phi) is 5.21. The maximum atomic E-state index is 12.6. The summed E-state index contributed by atoms with van der Waals surface area (Å²) in [5.41, 5.74) is 0.802. The smallest absolute Gasteiger partial charge is 0.255 e. The van der Waals surface area contributed by atoms with Crippen molar-refractivity contribution >= 4 is 34.7 Å². The predicted octanol–water partition coefficient (Wildman–Crippen LogP) is 3.50. The fourth-order valence-corrected chi connectivity index (χ4v) is 3.06. The minimum atomic E-state index is -0.760. The zero-order valence-corrected chi connectivity index (χ0v) is 17.0. The van der Waals surface area contributed by atoms with Crippen LogP contribution in [0.1, 0.15) is 25.1 Å². The third-order valence-corrected chi connectivity index (χ3v) is 5.82. The first kappa shape index (κ1) is 19.3.